The van der Waals surface area contributed by atoms with Crippen LogP contribution in [0.2, 0.25) is 5.02 Å². The third-order valence-electron chi connectivity index (χ3n) is 4.54. The molecule has 0 heterocycles. The highest BCUT2D eigenvalue weighted by atomic mass is 35.5. The fourth-order valence-corrected chi connectivity index (χ4v) is 3.15. The molecule has 1 atom stereocenters. The number of methoxy groups -OCH3 is 1. The molecule has 0 aliphatic carbocycles. The van der Waals surface area contributed by atoms with E-state index < -0.39 is 12.1 Å². The number of rotatable bonds is 12. The van der Waals surface area contributed by atoms with Crippen molar-refractivity contribution >= 4 is 17.6 Å². The number of allylic oxidation sites excluding steroid dienone is 2. The summed E-state index contributed by atoms with van der Waals surface area (Å²) in [6.07, 6.45) is 5.84. The number of unbranched alkanes of at least 4 members (excludes halogenated alkanes) is 1. The minimum absolute atomic E-state index is 0.491. The molecule has 0 aliphatic rings. The summed E-state index contributed by atoms with van der Waals surface area (Å²) in [5.41, 5.74) is 2.43. The van der Waals surface area contributed by atoms with Crippen molar-refractivity contribution in [3.05, 3.63) is 83.4 Å². The molecule has 0 bridgehead atoms. The van der Waals surface area contributed by atoms with Gasteiger partial charge >= 0.3 is 5.97 Å². The molecule has 0 fully saturated rings. The van der Waals surface area contributed by atoms with E-state index >= 15 is 0 Å². The Kier molecular flexibility index (Phi) is 9.49. The van der Waals surface area contributed by atoms with Crippen LogP contribution in [-0.2, 0) is 22.4 Å². The Balaban J connectivity index is 2.48. The van der Waals surface area contributed by atoms with E-state index in [4.69, 9.17) is 25.8 Å². The summed E-state index contributed by atoms with van der Waals surface area (Å²) in [6.45, 7) is 10.5. The molecule has 0 saturated carbocycles. The molecule has 160 valence electrons. The summed E-state index contributed by atoms with van der Waals surface area (Å²) in [7, 11) is 1.34. The van der Waals surface area contributed by atoms with E-state index in [0.29, 0.717) is 35.8 Å². The van der Waals surface area contributed by atoms with E-state index in [1.807, 2.05) is 12.1 Å². The van der Waals surface area contributed by atoms with Gasteiger partial charge < -0.3 is 14.2 Å². The molecule has 2 aromatic rings. The van der Waals surface area contributed by atoms with Crippen LogP contribution in [0, 0.1) is 0 Å². The molecule has 0 saturated heterocycles. The summed E-state index contributed by atoms with van der Waals surface area (Å²) >= 11 is 6.00. The van der Waals surface area contributed by atoms with Crippen molar-refractivity contribution in [3.63, 3.8) is 0 Å². The van der Waals surface area contributed by atoms with Gasteiger partial charge in [0.25, 0.3) is 0 Å². The Morgan fingerprint density at radius 1 is 1.10 bits per heavy atom. The molecule has 30 heavy (non-hydrogen) atoms. The molecule has 5 heteroatoms. The zero-order chi connectivity index (χ0) is 21.9. The molecule has 4 nitrogen and oxygen atoms in total. The van der Waals surface area contributed by atoms with Crippen molar-refractivity contribution in [3.8, 4) is 11.5 Å². The number of benzene rings is 2. The average Bonchev–Trinajstić information content (AvgIpc) is 2.74. The number of esters is 1. The third-order valence-corrected chi connectivity index (χ3v) is 4.79. The Labute approximate surface area is 184 Å². The number of ether oxygens (including phenoxy) is 3. The lowest BCUT2D eigenvalue weighted by Gasteiger charge is -2.22. The van der Waals surface area contributed by atoms with E-state index in [0.717, 1.165) is 29.7 Å². The Morgan fingerprint density at radius 3 is 2.20 bits per heavy atom. The summed E-state index contributed by atoms with van der Waals surface area (Å²) in [6, 6.07) is 10.8. The fourth-order valence-electron chi connectivity index (χ4n) is 3.02. The Hall–Kier alpha value is -2.72. The van der Waals surface area contributed by atoms with Gasteiger partial charge in [0.2, 0.25) is 6.10 Å². The van der Waals surface area contributed by atoms with Crippen LogP contribution < -0.4 is 9.47 Å². The molecule has 0 amide bonds. The van der Waals surface area contributed by atoms with Crippen LogP contribution in [0.3, 0.4) is 0 Å². The van der Waals surface area contributed by atoms with Crippen LogP contribution in [0.1, 0.15) is 42.6 Å². The van der Waals surface area contributed by atoms with Gasteiger partial charge in [0.1, 0.15) is 11.5 Å². The smallest absolute Gasteiger partial charge is 0.351 e. The normalized spacial score (nSPS) is 11.4. The average molecular weight is 429 g/mol. The minimum Gasteiger partial charge on any atom is -0.494 e. The maximum absolute atomic E-state index is 12.5. The van der Waals surface area contributed by atoms with Gasteiger partial charge in [0, 0.05) is 21.7 Å². The molecule has 1 unspecified atom stereocenters. The van der Waals surface area contributed by atoms with Crippen LogP contribution >= 0.6 is 11.6 Å². The van der Waals surface area contributed by atoms with Crippen molar-refractivity contribution in [2.24, 2.45) is 0 Å². The van der Waals surface area contributed by atoms with Crippen molar-refractivity contribution in [1.29, 1.82) is 0 Å². The van der Waals surface area contributed by atoms with Crippen LogP contribution in [-0.4, -0.2) is 19.7 Å². The summed E-state index contributed by atoms with van der Waals surface area (Å²) in [4.78, 5) is 12.5. The minimum atomic E-state index is -0.925. The maximum atomic E-state index is 12.5. The van der Waals surface area contributed by atoms with Gasteiger partial charge in [-0.05, 0) is 43.5 Å². The van der Waals surface area contributed by atoms with Gasteiger partial charge in [0.15, 0.2) is 0 Å². The van der Waals surface area contributed by atoms with Crippen LogP contribution in [0.25, 0.3) is 0 Å². The highest BCUT2D eigenvalue weighted by Crippen LogP contribution is 2.35. The number of halogens is 1. The molecule has 0 N–H and O–H groups in total. The van der Waals surface area contributed by atoms with Gasteiger partial charge in [0.05, 0.1) is 13.7 Å². The van der Waals surface area contributed by atoms with Gasteiger partial charge in [-0.2, -0.15) is 0 Å². The first kappa shape index (κ1) is 23.6. The van der Waals surface area contributed by atoms with Crippen molar-refractivity contribution in [2.45, 2.75) is 38.7 Å². The number of hydrogen-bond donors (Lipinski definition) is 0. The Morgan fingerprint density at radius 2 is 1.70 bits per heavy atom. The van der Waals surface area contributed by atoms with E-state index in [9.17, 15) is 4.79 Å². The summed E-state index contributed by atoms with van der Waals surface area (Å²) in [5, 5.41) is 0.579. The van der Waals surface area contributed by atoms with E-state index in [1.54, 1.807) is 36.4 Å². The molecular weight excluding hydrogens is 400 g/mol. The zero-order valence-corrected chi connectivity index (χ0v) is 18.4. The quantitative estimate of drug-likeness (QED) is 0.227. The molecule has 2 aromatic carbocycles. The van der Waals surface area contributed by atoms with Gasteiger partial charge in [-0.15, -0.1) is 13.2 Å². The second-order valence-electron chi connectivity index (χ2n) is 6.83. The second-order valence-corrected chi connectivity index (χ2v) is 7.27. The van der Waals surface area contributed by atoms with Gasteiger partial charge in [-0.3, -0.25) is 0 Å². The van der Waals surface area contributed by atoms with Crippen molar-refractivity contribution in [1.82, 2.24) is 0 Å². The van der Waals surface area contributed by atoms with Crippen molar-refractivity contribution < 1.29 is 19.0 Å². The Bertz CT molecular complexity index is 827. The van der Waals surface area contributed by atoms with E-state index in [-0.39, 0.29) is 0 Å². The number of carbonyl (C=O) groups is 1. The highest BCUT2D eigenvalue weighted by Gasteiger charge is 2.26. The first-order valence-corrected chi connectivity index (χ1v) is 10.4. The monoisotopic (exact) mass is 428 g/mol. The first-order valence-electron chi connectivity index (χ1n) is 10.0. The molecule has 2 rings (SSSR count). The summed E-state index contributed by atoms with van der Waals surface area (Å²) in [5.74, 6) is 0.892. The maximum Gasteiger partial charge on any atom is 0.351 e. The van der Waals surface area contributed by atoms with E-state index in [2.05, 4.69) is 20.1 Å². The lowest BCUT2D eigenvalue weighted by molar-refractivity contribution is -0.149. The molecular formula is C25H29ClO4. The molecule has 0 radical (unpaired) electrons. The second kappa shape index (κ2) is 12.1. The SMILES string of the molecule is C=CCc1cc(OCCCC)cc(CC=C)c1OC(C(=O)OC)c1ccc(Cl)cc1. The third kappa shape index (κ3) is 6.39. The lowest BCUT2D eigenvalue weighted by atomic mass is 10.0. The zero-order valence-electron chi connectivity index (χ0n) is 17.7. The van der Waals surface area contributed by atoms with Gasteiger partial charge in [-0.1, -0.05) is 49.2 Å². The van der Waals surface area contributed by atoms with Gasteiger partial charge in [-0.25, -0.2) is 4.79 Å². The standard InChI is InChI=1S/C25H29ClO4/c1-5-8-15-29-22-16-19(9-6-2)23(20(17-22)10-7-3)30-24(25(27)28-4)18-11-13-21(26)14-12-18/h6-7,11-14,16-17,24H,2-3,5,8-10,15H2,1,4H3. The van der Waals surface area contributed by atoms with Crippen LogP contribution in [0.5, 0.6) is 11.5 Å². The lowest BCUT2D eigenvalue weighted by Crippen LogP contribution is -2.21. The predicted octanol–water partition coefficient (Wildman–Crippen LogP) is 6.27. The number of carbonyl (C=O) groups excluding carboxylic acids is 1. The molecule has 0 aliphatic heterocycles. The van der Waals surface area contributed by atoms with Crippen molar-refractivity contribution in [2.75, 3.05) is 13.7 Å². The van der Waals surface area contributed by atoms with Crippen LogP contribution in [0.15, 0.2) is 61.7 Å². The first-order chi connectivity index (χ1) is 14.5. The highest BCUT2D eigenvalue weighted by molar-refractivity contribution is 6.30. The van der Waals surface area contributed by atoms with E-state index in [1.165, 1.54) is 7.11 Å². The number of hydrogen-bond acceptors (Lipinski definition) is 4. The van der Waals surface area contributed by atoms with Crippen LogP contribution in [0.4, 0.5) is 0 Å². The predicted molar refractivity (Wildman–Crippen MR) is 121 cm³/mol. The topological polar surface area (TPSA) is 44.8 Å². The molecule has 0 spiro atoms. The summed E-state index contributed by atoms with van der Waals surface area (Å²) < 4.78 is 17.2. The fraction of sp³-hybridized carbons (Fsp3) is 0.320. The largest absolute Gasteiger partial charge is 0.494 e. The molecule has 0 aromatic heterocycles.